The summed E-state index contributed by atoms with van der Waals surface area (Å²) >= 11 is 0. The fourth-order valence-corrected chi connectivity index (χ4v) is 1.66. The second-order valence-corrected chi connectivity index (χ2v) is 3.84. The van der Waals surface area contributed by atoms with Crippen molar-refractivity contribution in [2.75, 3.05) is 0 Å². The average Bonchev–Trinajstić information content (AvgIpc) is 2.23. The first-order chi connectivity index (χ1) is 7.02. The van der Waals surface area contributed by atoms with Crippen LogP contribution in [0.3, 0.4) is 0 Å². The van der Waals surface area contributed by atoms with E-state index in [2.05, 4.69) is 26.3 Å². The Morgan fingerprint density at radius 3 is 1.73 bits per heavy atom. The Hall–Kier alpha value is -1.39. The van der Waals surface area contributed by atoms with Crippen molar-refractivity contribution in [3.05, 3.63) is 56.1 Å². The van der Waals surface area contributed by atoms with E-state index in [9.17, 15) is 8.42 Å². The van der Waals surface area contributed by atoms with Crippen LogP contribution in [0.15, 0.2) is 55.5 Å². The zero-order valence-electron chi connectivity index (χ0n) is 8.94. The molecule has 0 aliphatic carbocycles. The molecule has 0 unspecified atom stereocenters. The molecule has 0 amide bonds. The molecule has 3 nitrogen and oxygen atoms in total. The minimum atomic E-state index is -3.53. The molecule has 0 bridgehead atoms. The maximum atomic E-state index is 10.8. The number of primary sulfonamides is 1. The summed E-state index contributed by atoms with van der Waals surface area (Å²) < 4.78 is 21.7. The molecule has 84 valence electrons. The topological polar surface area (TPSA) is 60.2 Å². The van der Waals surface area contributed by atoms with Crippen LogP contribution in [-0.4, -0.2) is 8.42 Å². The number of benzene rings is 1. The largest absolute Gasteiger partial charge is 0.238 e. The molecule has 0 fully saturated rings. The van der Waals surface area contributed by atoms with Gasteiger partial charge in [0.15, 0.2) is 0 Å². The first-order valence-electron chi connectivity index (χ1n) is 4.10. The quantitative estimate of drug-likeness (QED) is 0.748. The number of aryl methyl sites for hydroxylation is 1. The van der Waals surface area contributed by atoms with Crippen molar-refractivity contribution in [1.82, 2.24) is 0 Å². The van der Waals surface area contributed by atoms with Gasteiger partial charge >= 0.3 is 0 Å². The molecule has 0 saturated heterocycles. The molecular weight excluding hydrogens is 210 g/mol. The summed E-state index contributed by atoms with van der Waals surface area (Å²) in [4.78, 5) is 0.194. The molecule has 0 aliphatic heterocycles. The van der Waals surface area contributed by atoms with Gasteiger partial charge in [-0.15, -0.1) is 26.3 Å². The van der Waals surface area contributed by atoms with E-state index in [4.69, 9.17) is 5.14 Å². The maximum absolute atomic E-state index is 10.8. The number of nitrogens with two attached hydrogens (primary N) is 1. The molecule has 4 heteroatoms. The van der Waals surface area contributed by atoms with E-state index >= 15 is 0 Å². The van der Waals surface area contributed by atoms with E-state index in [1.165, 1.54) is 6.07 Å². The molecule has 0 spiro atoms. The average molecular weight is 227 g/mol. The lowest BCUT2D eigenvalue weighted by molar-refractivity contribution is 0.597. The number of hydrogen-bond donors (Lipinski definition) is 1. The third kappa shape index (κ3) is 5.83. The van der Waals surface area contributed by atoms with E-state index in [1.807, 2.05) is 0 Å². The van der Waals surface area contributed by atoms with Crippen molar-refractivity contribution in [2.45, 2.75) is 11.8 Å². The van der Waals surface area contributed by atoms with E-state index < -0.39 is 10.0 Å². The van der Waals surface area contributed by atoms with Gasteiger partial charge in [-0.1, -0.05) is 18.2 Å². The highest BCUT2D eigenvalue weighted by Crippen LogP contribution is 2.10. The molecule has 0 atom stereocenters. The first kappa shape index (κ1) is 16.1. The molecular formula is C11H17NO2S. The molecule has 1 rings (SSSR count). The zero-order chi connectivity index (χ0) is 12.5. The summed E-state index contributed by atoms with van der Waals surface area (Å²) in [6, 6.07) is 6.61. The fraction of sp³-hybridized carbons (Fsp3) is 0.0909. The van der Waals surface area contributed by atoms with Gasteiger partial charge in [-0.05, 0) is 18.6 Å². The maximum Gasteiger partial charge on any atom is 0.238 e. The number of hydrogen-bond acceptors (Lipinski definition) is 2. The van der Waals surface area contributed by atoms with Crippen LogP contribution in [0.25, 0.3) is 0 Å². The Balaban J connectivity index is 0. The van der Waals surface area contributed by atoms with Gasteiger partial charge in [-0.25, -0.2) is 13.6 Å². The smallest absolute Gasteiger partial charge is 0.225 e. The Bertz CT molecular complexity index is 383. The summed E-state index contributed by atoms with van der Waals surface area (Å²) in [7, 11) is -3.53. The van der Waals surface area contributed by atoms with Crippen molar-refractivity contribution in [3.8, 4) is 0 Å². The van der Waals surface area contributed by atoms with Crippen molar-refractivity contribution in [1.29, 1.82) is 0 Å². The summed E-state index contributed by atoms with van der Waals surface area (Å²) in [5, 5.41) is 4.93. The highest BCUT2D eigenvalue weighted by atomic mass is 32.2. The molecule has 0 radical (unpaired) electrons. The lowest BCUT2D eigenvalue weighted by Gasteiger charge is -2.00. The Labute approximate surface area is 92.0 Å². The Morgan fingerprint density at radius 1 is 1.07 bits per heavy atom. The van der Waals surface area contributed by atoms with Crippen molar-refractivity contribution in [3.63, 3.8) is 0 Å². The van der Waals surface area contributed by atoms with Gasteiger partial charge in [0.2, 0.25) is 10.0 Å². The number of sulfonamides is 1. The van der Waals surface area contributed by atoms with Crippen LogP contribution >= 0.6 is 0 Å². The molecule has 0 heterocycles. The Kier molecular flexibility index (Phi) is 8.52. The monoisotopic (exact) mass is 227 g/mol. The molecule has 0 saturated carbocycles. The molecule has 1 aromatic carbocycles. The fourth-order valence-electron chi connectivity index (χ4n) is 0.876. The van der Waals surface area contributed by atoms with Crippen molar-refractivity contribution in [2.24, 2.45) is 5.14 Å². The van der Waals surface area contributed by atoms with Crippen LogP contribution in [0.5, 0.6) is 0 Å². The van der Waals surface area contributed by atoms with Gasteiger partial charge in [-0.3, -0.25) is 0 Å². The summed E-state index contributed by atoms with van der Waals surface area (Å²) in [6.07, 6.45) is 0. The second-order valence-electron chi connectivity index (χ2n) is 2.31. The van der Waals surface area contributed by atoms with E-state index in [-0.39, 0.29) is 4.90 Å². The minimum absolute atomic E-state index is 0.194. The predicted molar refractivity (Wildman–Crippen MR) is 65.1 cm³/mol. The highest BCUT2D eigenvalue weighted by molar-refractivity contribution is 7.89. The van der Waals surface area contributed by atoms with Crippen molar-refractivity contribution >= 4 is 10.0 Å². The van der Waals surface area contributed by atoms with Gasteiger partial charge in [0.05, 0.1) is 4.90 Å². The van der Waals surface area contributed by atoms with E-state index in [0.717, 1.165) is 0 Å². The molecule has 1 aromatic rings. The summed E-state index contributed by atoms with van der Waals surface area (Å²) in [5.41, 5.74) is 0.676. The van der Waals surface area contributed by atoms with Crippen molar-refractivity contribution < 1.29 is 8.42 Å². The third-order valence-electron chi connectivity index (χ3n) is 1.40. The minimum Gasteiger partial charge on any atom is -0.225 e. The predicted octanol–water partition coefficient (Wildman–Crippen LogP) is 2.25. The van der Waals surface area contributed by atoms with E-state index in [1.54, 1.807) is 25.1 Å². The first-order valence-corrected chi connectivity index (χ1v) is 5.65. The lowest BCUT2D eigenvalue weighted by Crippen LogP contribution is -2.13. The van der Waals surface area contributed by atoms with Crippen LogP contribution in [0.2, 0.25) is 0 Å². The standard InChI is InChI=1S/C7H9NO2S.2C2H4/c1-6-4-2-3-5-7(6)11(8,9)10;2*1-2/h2-5H,1H3,(H2,8,9,10);2*1-2H2. The van der Waals surface area contributed by atoms with Gasteiger partial charge < -0.3 is 0 Å². The lowest BCUT2D eigenvalue weighted by atomic mass is 10.2. The van der Waals surface area contributed by atoms with Crippen LogP contribution in [0.1, 0.15) is 5.56 Å². The Morgan fingerprint density at radius 2 is 1.47 bits per heavy atom. The zero-order valence-corrected chi connectivity index (χ0v) is 9.76. The highest BCUT2D eigenvalue weighted by Gasteiger charge is 2.08. The summed E-state index contributed by atoms with van der Waals surface area (Å²) in [5.74, 6) is 0. The van der Waals surface area contributed by atoms with Crippen LogP contribution in [0.4, 0.5) is 0 Å². The molecule has 0 aliphatic rings. The normalized spacial score (nSPS) is 8.93. The van der Waals surface area contributed by atoms with Gasteiger partial charge in [0.25, 0.3) is 0 Å². The number of rotatable bonds is 1. The molecule has 15 heavy (non-hydrogen) atoms. The van der Waals surface area contributed by atoms with Gasteiger partial charge in [-0.2, -0.15) is 0 Å². The molecule has 0 aromatic heterocycles. The molecule has 2 N–H and O–H groups in total. The third-order valence-corrected chi connectivity index (χ3v) is 2.47. The van der Waals surface area contributed by atoms with Gasteiger partial charge in [0.1, 0.15) is 0 Å². The van der Waals surface area contributed by atoms with E-state index in [0.29, 0.717) is 5.56 Å². The SMILES string of the molecule is C=C.C=C.Cc1ccccc1S(N)(=O)=O. The summed E-state index contributed by atoms with van der Waals surface area (Å²) in [6.45, 7) is 13.7. The second kappa shape index (κ2) is 7.96. The van der Waals surface area contributed by atoms with Crippen LogP contribution < -0.4 is 5.14 Å². The van der Waals surface area contributed by atoms with Gasteiger partial charge in [0, 0.05) is 0 Å². The van der Waals surface area contributed by atoms with Crippen LogP contribution in [0, 0.1) is 6.92 Å². The van der Waals surface area contributed by atoms with Crippen LogP contribution in [-0.2, 0) is 10.0 Å².